The van der Waals surface area contributed by atoms with Gasteiger partial charge in [-0.3, -0.25) is 4.79 Å². The number of carbonyl (C=O) groups is 2. The monoisotopic (exact) mass is 399 g/mol. The van der Waals surface area contributed by atoms with E-state index >= 15 is 0 Å². The van der Waals surface area contributed by atoms with E-state index in [0.29, 0.717) is 6.54 Å². The molecule has 0 aliphatic rings. The molecule has 0 unspecified atom stereocenters. The predicted molar refractivity (Wildman–Crippen MR) is 99.6 cm³/mol. The van der Waals surface area contributed by atoms with Gasteiger partial charge < -0.3 is 10.1 Å². The Balaban J connectivity index is 1.86. The van der Waals surface area contributed by atoms with E-state index in [4.69, 9.17) is 39.5 Å². The van der Waals surface area contributed by atoms with Crippen LogP contribution in [-0.2, 0) is 9.53 Å². The third-order valence-electron chi connectivity index (χ3n) is 3.56. The fraction of sp³-hybridized carbons (Fsp3) is 0.222. The van der Waals surface area contributed by atoms with Crippen LogP contribution in [0, 0.1) is 0 Å². The number of carbonyl (C=O) groups excluding carboxylic acids is 2. The minimum atomic E-state index is -0.802. The van der Waals surface area contributed by atoms with Gasteiger partial charge in [-0.1, -0.05) is 72.1 Å². The molecule has 0 aromatic heterocycles. The van der Waals surface area contributed by atoms with Crippen LogP contribution >= 0.6 is 34.8 Å². The van der Waals surface area contributed by atoms with Gasteiger partial charge in [0.2, 0.25) is 0 Å². The fourth-order valence-electron chi connectivity index (χ4n) is 2.13. The van der Waals surface area contributed by atoms with Gasteiger partial charge in [-0.05, 0) is 23.6 Å². The molecule has 0 heterocycles. The average Bonchev–Trinajstić information content (AvgIpc) is 2.62. The lowest BCUT2D eigenvalue weighted by atomic mass is 10.0. The molecule has 0 radical (unpaired) electrons. The molecule has 0 saturated heterocycles. The zero-order valence-electron chi connectivity index (χ0n) is 13.4. The standard InChI is InChI=1S/C18H16Cl3NO3/c1-11(12-5-3-2-4-6-12)9-22-15(23)10-25-18(24)16-13(19)7-8-14(20)17(16)21/h2-8,11H,9-10H2,1H3,(H,22,23)/t11-/m1/s1. The molecule has 2 rings (SSSR count). The largest absolute Gasteiger partial charge is 0.452 e. The first-order valence-corrected chi connectivity index (χ1v) is 8.65. The highest BCUT2D eigenvalue weighted by Gasteiger charge is 2.19. The number of nitrogens with one attached hydrogen (secondary N) is 1. The van der Waals surface area contributed by atoms with E-state index in [0.717, 1.165) is 5.56 Å². The van der Waals surface area contributed by atoms with E-state index in [2.05, 4.69) is 5.32 Å². The summed E-state index contributed by atoms with van der Waals surface area (Å²) in [4.78, 5) is 23.9. The van der Waals surface area contributed by atoms with E-state index in [1.54, 1.807) is 0 Å². The number of hydrogen-bond acceptors (Lipinski definition) is 3. The lowest BCUT2D eigenvalue weighted by molar-refractivity contribution is -0.124. The SMILES string of the molecule is C[C@H](CNC(=O)COC(=O)c1c(Cl)ccc(Cl)c1Cl)c1ccccc1. The molecule has 0 spiro atoms. The lowest BCUT2D eigenvalue weighted by Gasteiger charge is -2.13. The maximum absolute atomic E-state index is 12.1. The van der Waals surface area contributed by atoms with Crippen molar-refractivity contribution < 1.29 is 14.3 Å². The Labute approximate surface area is 161 Å². The Kier molecular flexibility index (Phi) is 7.12. The van der Waals surface area contributed by atoms with E-state index < -0.39 is 18.5 Å². The number of rotatable bonds is 6. The number of amides is 1. The number of hydrogen-bond donors (Lipinski definition) is 1. The molecule has 1 amide bonds. The van der Waals surface area contributed by atoms with E-state index in [-0.39, 0.29) is 26.5 Å². The second-order valence-electron chi connectivity index (χ2n) is 5.41. The van der Waals surface area contributed by atoms with Gasteiger partial charge in [-0.15, -0.1) is 0 Å². The molecular formula is C18H16Cl3NO3. The van der Waals surface area contributed by atoms with Crippen LogP contribution in [0.2, 0.25) is 15.1 Å². The molecule has 0 bridgehead atoms. The summed E-state index contributed by atoms with van der Waals surface area (Å²) in [7, 11) is 0. The van der Waals surface area contributed by atoms with E-state index in [1.807, 2.05) is 37.3 Å². The molecular weight excluding hydrogens is 385 g/mol. The third kappa shape index (κ3) is 5.36. The third-order valence-corrected chi connectivity index (χ3v) is 4.68. The smallest absolute Gasteiger partial charge is 0.341 e. The van der Waals surface area contributed by atoms with Crippen molar-refractivity contribution in [1.82, 2.24) is 5.32 Å². The summed E-state index contributed by atoms with van der Waals surface area (Å²) < 4.78 is 4.97. The topological polar surface area (TPSA) is 55.4 Å². The molecule has 25 heavy (non-hydrogen) atoms. The Morgan fingerprint density at radius 3 is 2.36 bits per heavy atom. The van der Waals surface area contributed by atoms with Gasteiger partial charge in [0.15, 0.2) is 6.61 Å². The minimum Gasteiger partial charge on any atom is -0.452 e. The second kappa shape index (κ2) is 9.09. The summed E-state index contributed by atoms with van der Waals surface area (Å²) in [5.74, 6) is -1.08. The van der Waals surface area contributed by atoms with Gasteiger partial charge in [0.1, 0.15) is 0 Å². The molecule has 1 N–H and O–H groups in total. The van der Waals surface area contributed by atoms with Gasteiger partial charge in [-0.2, -0.15) is 0 Å². The number of esters is 1. The van der Waals surface area contributed by atoms with Crippen LogP contribution in [0.1, 0.15) is 28.8 Å². The molecule has 0 aliphatic carbocycles. The fourth-order valence-corrected chi connectivity index (χ4v) is 2.82. The molecule has 132 valence electrons. The quantitative estimate of drug-likeness (QED) is 0.563. The molecule has 1 atom stereocenters. The van der Waals surface area contributed by atoms with Gasteiger partial charge >= 0.3 is 5.97 Å². The van der Waals surface area contributed by atoms with Gasteiger partial charge in [-0.25, -0.2) is 4.79 Å². The van der Waals surface area contributed by atoms with E-state index in [9.17, 15) is 9.59 Å². The highest BCUT2D eigenvalue weighted by molar-refractivity contribution is 6.46. The van der Waals surface area contributed by atoms with Crippen LogP contribution in [0.4, 0.5) is 0 Å². The second-order valence-corrected chi connectivity index (χ2v) is 6.60. The van der Waals surface area contributed by atoms with Crippen molar-refractivity contribution in [3.05, 3.63) is 68.7 Å². The molecule has 2 aromatic carbocycles. The van der Waals surface area contributed by atoms with Crippen LogP contribution in [0.3, 0.4) is 0 Å². The summed E-state index contributed by atoms with van der Waals surface area (Å²) in [5, 5.41) is 3.01. The van der Waals surface area contributed by atoms with Crippen molar-refractivity contribution in [3.63, 3.8) is 0 Å². The van der Waals surface area contributed by atoms with Crippen molar-refractivity contribution >= 4 is 46.7 Å². The maximum atomic E-state index is 12.1. The number of halogens is 3. The number of ether oxygens (including phenoxy) is 1. The molecule has 2 aromatic rings. The summed E-state index contributed by atoms with van der Waals surface area (Å²) in [5.41, 5.74) is 1.05. The molecule has 4 nitrogen and oxygen atoms in total. The normalized spacial score (nSPS) is 11.7. The van der Waals surface area contributed by atoms with Crippen LogP contribution in [-0.4, -0.2) is 25.0 Å². The molecule has 0 fully saturated rings. The van der Waals surface area contributed by atoms with Crippen molar-refractivity contribution in [2.75, 3.05) is 13.2 Å². The van der Waals surface area contributed by atoms with Crippen molar-refractivity contribution in [3.8, 4) is 0 Å². The zero-order valence-corrected chi connectivity index (χ0v) is 15.7. The average molecular weight is 401 g/mol. The van der Waals surface area contributed by atoms with E-state index in [1.165, 1.54) is 12.1 Å². The summed E-state index contributed by atoms with van der Waals surface area (Å²) in [6.45, 7) is 1.99. The van der Waals surface area contributed by atoms with Gasteiger partial charge in [0.25, 0.3) is 5.91 Å². The van der Waals surface area contributed by atoms with Crippen LogP contribution in [0.15, 0.2) is 42.5 Å². The first kappa shape index (κ1) is 19.6. The van der Waals surface area contributed by atoms with Crippen molar-refractivity contribution in [1.29, 1.82) is 0 Å². The zero-order chi connectivity index (χ0) is 18.4. The van der Waals surface area contributed by atoms with Crippen molar-refractivity contribution in [2.45, 2.75) is 12.8 Å². The first-order chi connectivity index (χ1) is 11.9. The first-order valence-electron chi connectivity index (χ1n) is 7.52. The molecule has 0 aliphatic heterocycles. The van der Waals surface area contributed by atoms with Crippen molar-refractivity contribution in [2.24, 2.45) is 0 Å². The minimum absolute atomic E-state index is 0.00252. The highest BCUT2D eigenvalue weighted by atomic mass is 35.5. The molecule has 0 saturated carbocycles. The van der Waals surface area contributed by atoms with Crippen LogP contribution < -0.4 is 5.32 Å². The lowest BCUT2D eigenvalue weighted by Crippen LogP contribution is -2.31. The predicted octanol–water partition coefficient (Wildman–Crippen LogP) is 4.72. The number of benzene rings is 2. The maximum Gasteiger partial charge on any atom is 0.341 e. The summed E-state index contributed by atoms with van der Waals surface area (Å²) in [6.07, 6.45) is 0. The Morgan fingerprint density at radius 1 is 1.04 bits per heavy atom. The summed E-state index contributed by atoms with van der Waals surface area (Å²) >= 11 is 17.8. The van der Waals surface area contributed by atoms with Crippen LogP contribution in [0.25, 0.3) is 0 Å². The highest BCUT2D eigenvalue weighted by Crippen LogP contribution is 2.31. The van der Waals surface area contributed by atoms with Gasteiger partial charge in [0, 0.05) is 6.54 Å². The Hall–Kier alpha value is -1.75. The Morgan fingerprint density at radius 2 is 1.68 bits per heavy atom. The molecule has 7 heteroatoms. The van der Waals surface area contributed by atoms with Crippen LogP contribution in [0.5, 0.6) is 0 Å². The Bertz CT molecular complexity index is 766. The summed E-state index contributed by atoms with van der Waals surface area (Å²) in [6, 6.07) is 12.7. The van der Waals surface area contributed by atoms with Gasteiger partial charge in [0.05, 0.1) is 20.6 Å².